The smallest absolute Gasteiger partial charge is 0.191 e. The maximum Gasteiger partial charge on any atom is 0.191 e. The van der Waals surface area contributed by atoms with E-state index in [4.69, 9.17) is 4.74 Å². The Morgan fingerprint density at radius 3 is 2.83 bits per heavy atom. The molecule has 0 fully saturated rings. The molecule has 2 N–H and O–H groups in total. The summed E-state index contributed by atoms with van der Waals surface area (Å²) in [5, 5.41) is 10.8. The van der Waals surface area contributed by atoms with Crippen LogP contribution in [0.1, 0.15) is 23.6 Å². The van der Waals surface area contributed by atoms with Crippen molar-refractivity contribution in [2.75, 3.05) is 20.2 Å². The number of nitrogens with zero attached hydrogens (tertiary/aromatic N) is 3. The van der Waals surface area contributed by atoms with Crippen molar-refractivity contribution >= 4 is 5.96 Å². The molecule has 0 spiro atoms. The third-order valence-electron chi connectivity index (χ3n) is 3.66. The predicted octanol–water partition coefficient (Wildman–Crippen LogP) is 2.03. The van der Waals surface area contributed by atoms with Crippen molar-refractivity contribution in [2.45, 2.75) is 26.8 Å². The average Bonchev–Trinajstić information content (AvgIpc) is 2.98. The van der Waals surface area contributed by atoms with Crippen LogP contribution in [0.5, 0.6) is 5.75 Å². The first-order valence-corrected chi connectivity index (χ1v) is 8.25. The maximum atomic E-state index is 5.44. The summed E-state index contributed by atoms with van der Waals surface area (Å²) in [5.41, 5.74) is 3.47. The van der Waals surface area contributed by atoms with Crippen LogP contribution in [-0.2, 0) is 20.0 Å². The molecule has 0 aliphatic rings. The molecule has 1 aromatic heterocycles. The van der Waals surface area contributed by atoms with Crippen molar-refractivity contribution in [3.8, 4) is 5.75 Å². The summed E-state index contributed by atoms with van der Waals surface area (Å²) in [6.07, 6.45) is 4.83. The van der Waals surface area contributed by atoms with Gasteiger partial charge in [-0.05, 0) is 37.5 Å². The predicted molar refractivity (Wildman–Crippen MR) is 97.5 cm³/mol. The van der Waals surface area contributed by atoms with Gasteiger partial charge in [-0.15, -0.1) is 0 Å². The molecule has 0 aliphatic heterocycles. The number of guanidine groups is 1. The second kappa shape index (κ2) is 8.96. The molecule has 0 saturated carbocycles. The van der Waals surface area contributed by atoms with E-state index in [2.05, 4.69) is 46.7 Å². The summed E-state index contributed by atoms with van der Waals surface area (Å²) in [7, 11) is 3.62. The quantitative estimate of drug-likeness (QED) is 0.603. The molecule has 6 nitrogen and oxygen atoms in total. The van der Waals surface area contributed by atoms with Crippen LogP contribution in [0, 0.1) is 6.92 Å². The van der Waals surface area contributed by atoms with E-state index in [1.807, 2.05) is 30.2 Å². The van der Waals surface area contributed by atoms with Crippen molar-refractivity contribution in [1.29, 1.82) is 0 Å². The molecule has 0 unspecified atom stereocenters. The molecular formula is C18H27N5O. The maximum absolute atomic E-state index is 5.44. The molecule has 6 heteroatoms. The lowest BCUT2D eigenvalue weighted by Gasteiger charge is -2.12. The van der Waals surface area contributed by atoms with Gasteiger partial charge in [-0.2, -0.15) is 5.10 Å². The molecule has 0 atom stereocenters. The molecular weight excluding hydrogens is 302 g/mol. The first kappa shape index (κ1) is 17.8. The summed E-state index contributed by atoms with van der Waals surface area (Å²) < 4.78 is 7.26. The monoisotopic (exact) mass is 329 g/mol. The summed E-state index contributed by atoms with van der Waals surface area (Å²) in [6.45, 7) is 6.32. The lowest BCUT2D eigenvalue weighted by molar-refractivity contribution is 0.409. The van der Waals surface area contributed by atoms with E-state index in [0.29, 0.717) is 6.54 Å². The zero-order valence-electron chi connectivity index (χ0n) is 15.0. The van der Waals surface area contributed by atoms with Crippen molar-refractivity contribution < 1.29 is 4.74 Å². The number of hydrogen-bond donors (Lipinski definition) is 2. The highest BCUT2D eigenvalue weighted by Gasteiger charge is 2.04. The fourth-order valence-corrected chi connectivity index (χ4v) is 2.41. The fourth-order valence-electron chi connectivity index (χ4n) is 2.41. The number of methoxy groups -OCH3 is 1. The molecule has 24 heavy (non-hydrogen) atoms. The van der Waals surface area contributed by atoms with Crippen molar-refractivity contribution in [1.82, 2.24) is 20.4 Å². The minimum atomic E-state index is 0.575. The van der Waals surface area contributed by atoms with Gasteiger partial charge < -0.3 is 15.4 Å². The number of benzene rings is 1. The Morgan fingerprint density at radius 2 is 2.17 bits per heavy atom. The number of rotatable bonds is 7. The second-order valence-corrected chi connectivity index (χ2v) is 5.71. The first-order chi connectivity index (χ1) is 11.6. The number of aromatic nitrogens is 2. The number of aliphatic imine (C=N–C) groups is 1. The Balaban J connectivity index is 1.94. The standard InChI is InChI=1S/C18H27N5O/c1-5-19-18(20-9-8-15-11-22-23(3)13-15)21-12-16-7-6-14(2)10-17(16)24-4/h6-7,10-11,13H,5,8-9,12H2,1-4H3,(H2,19,20,21). The average molecular weight is 329 g/mol. The Kier molecular flexibility index (Phi) is 6.66. The number of nitrogens with one attached hydrogen (secondary N) is 2. The Bertz CT molecular complexity index is 678. The van der Waals surface area contributed by atoms with Gasteiger partial charge in [0.1, 0.15) is 5.75 Å². The second-order valence-electron chi connectivity index (χ2n) is 5.71. The van der Waals surface area contributed by atoms with Gasteiger partial charge in [0.15, 0.2) is 5.96 Å². The van der Waals surface area contributed by atoms with Crippen molar-refractivity contribution in [3.63, 3.8) is 0 Å². The van der Waals surface area contributed by atoms with Crippen LogP contribution >= 0.6 is 0 Å². The Labute approximate surface area is 143 Å². The highest BCUT2D eigenvalue weighted by Crippen LogP contribution is 2.20. The molecule has 0 radical (unpaired) electrons. The molecule has 2 aromatic rings. The van der Waals surface area contributed by atoms with Gasteiger partial charge in [-0.3, -0.25) is 4.68 Å². The van der Waals surface area contributed by atoms with Crippen LogP contribution < -0.4 is 15.4 Å². The number of hydrogen-bond acceptors (Lipinski definition) is 3. The Morgan fingerprint density at radius 1 is 1.33 bits per heavy atom. The third kappa shape index (κ3) is 5.30. The minimum absolute atomic E-state index is 0.575. The van der Waals surface area contributed by atoms with Crippen molar-refractivity contribution in [3.05, 3.63) is 47.3 Å². The molecule has 2 rings (SSSR count). The zero-order chi connectivity index (χ0) is 17.4. The summed E-state index contributed by atoms with van der Waals surface area (Å²) in [6, 6.07) is 6.18. The van der Waals surface area contributed by atoms with E-state index in [1.54, 1.807) is 7.11 Å². The highest BCUT2D eigenvalue weighted by molar-refractivity contribution is 5.79. The van der Waals surface area contributed by atoms with Gasteiger partial charge in [0.05, 0.1) is 19.9 Å². The van der Waals surface area contributed by atoms with Gasteiger partial charge in [0.25, 0.3) is 0 Å². The normalized spacial score (nSPS) is 11.4. The van der Waals surface area contributed by atoms with E-state index in [0.717, 1.165) is 36.8 Å². The van der Waals surface area contributed by atoms with Crippen LogP contribution in [0.15, 0.2) is 35.6 Å². The van der Waals surface area contributed by atoms with Crippen molar-refractivity contribution in [2.24, 2.45) is 12.0 Å². The largest absolute Gasteiger partial charge is 0.496 e. The number of ether oxygens (including phenoxy) is 1. The van der Waals surface area contributed by atoms with Gasteiger partial charge >= 0.3 is 0 Å². The van der Waals surface area contributed by atoms with E-state index in [1.165, 1.54) is 11.1 Å². The molecule has 0 amide bonds. The molecule has 0 aliphatic carbocycles. The van der Waals surface area contributed by atoms with Crippen LogP contribution in [0.2, 0.25) is 0 Å². The van der Waals surface area contributed by atoms with E-state index in [-0.39, 0.29) is 0 Å². The first-order valence-electron chi connectivity index (χ1n) is 8.25. The van der Waals surface area contributed by atoms with Gasteiger partial charge in [-0.25, -0.2) is 4.99 Å². The van der Waals surface area contributed by atoms with E-state index >= 15 is 0 Å². The highest BCUT2D eigenvalue weighted by atomic mass is 16.5. The SMILES string of the molecule is CCNC(=NCc1ccc(C)cc1OC)NCCc1cnn(C)c1. The van der Waals surface area contributed by atoms with Crippen LogP contribution in [0.3, 0.4) is 0 Å². The topological polar surface area (TPSA) is 63.5 Å². The molecule has 1 heterocycles. The Hall–Kier alpha value is -2.50. The van der Waals surface area contributed by atoms with E-state index < -0.39 is 0 Å². The minimum Gasteiger partial charge on any atom is -0.496 e. The lowest BCUT2D eigenvalue weighted by Crippen LogP contribution is -2.38. The summed E-state index contributed by atoms with van der Waals surface area (Å²) in [4.78, 5) is 4.65. The van der Waals surface area contributed by atoms with Crippen LogP contribution in [0.25, 0.3) is 0 Å². The molecule has 130 valence electrons. The van der Waals surface area contributed by atoms with Gasteiger partial charge in [-0.1, -0.05) is 12.1 Å². The third-order valence-corrected chi connectivity index (χ3v) is 3.66. The van der Waals surface area contributed by atoms with Crippen LogP contribution in [0.4, 0.5) is 0 Å². The lowest BCUT2D eigenvalue weighted by atomic mass is 10.1. The zero-order valence-corrected chi connectivity index (χ0v) is 15.0. The summed E-state index contributed by atoms with van der Waals surface area (Å²) >= 11 is 0. The van der Waals surface area contributed by atoms with E-state index in [9.17, 15) is 0 Å². The number of aryl methyl sites for hydroxylation is 2. The van der Waals surface area contributed by atoms with Gasteiger partial charge in [0, 0.05) is 31.9 Å². The summed E-state index contributed by atoms with van der Waals surface area (Å²) in [5.74, 6) is 1.69. The van der Waals surface area contributed by atoms with Crippen LogP contribution in [-0.4, -0.2) is 35.9 Å². The molecule has 1 aromatic carbocycles. The van der Waals surface area contributed by atoms with Gasteiger partial charge in [0.2, 0.25) is 0 Å². The fraction of sp³-hybridized carbons (Fsp3) is 0.444. The molecule has 0 bridgehead atoms. The molecule has 0 saturated heterocycles.